The molecule has 39 heavy (non-hydrogen) atoms. The maximum absolute atomic E-state index is 11.9. The van der Waals surface area contributed by atoms with Gasteiger partial charge in [0.15, 0.2) is 0 Å². The Morgan fingerprint density at radius 2 is 1.67 bits per heavy atom. The van der Waals surface area contributed by atoms with Crippen LogP contribution in [-0.4, -0.2) is 88.6 Å². The lowest BCUT2D eigenvalue weighted by Crippen LogP contribution is -2.49. The summed E-state index contributed by atoms with van der Waals surface area (Å²) in [7, 11) is 0. The van der Waals surface area contributed by atoms with Crippen molar-refractivity contribution in [3.63, 3.8) is 0 Å². The van der Waals surface area contributed by atoms with Gasteiger partial charge in [-0.2, -0.15) is 0 Å². The number of likely N-dealkylation sites (tertiary alicyclic amines) is 1. The summed E-state index contributed by atoms with van der Waals surface area (Å²) in [4.78, 5) is 40.9. The van der Waals surface area contributed by atoms with Crippen LogP contribution in [0.5, 0.6) is 0 Å². The van der Waals surface area contributed by atoms with Gasteiger partial charge in [-0.3, -0.25) is 14.6 Å². The summed E-state index contributed by atoms with van der Waals surface area (Å²) < 4.78 is 0. The Morgan fingerprint density at radius 3 is 2.31 bits per heavy atom. The van der Waals surface area contributed by atoms with E-state index in [1.165, 1.54) is 26.5 Å². The van der Waals surface area contributed by atoms with Gasteiger partial charge >= 0.3 is 11.9 Å². The maximum Gasteiger partial charge on any atom is 0.328 e. The van der Waals surface area contributed by atoms with Crippen LogP contribution in [0, 0.1) is 6.92 Å². The van der Waals surface area contributed by atoms with Gasteiger partial charge in [-0.1, -0.05) is 41.1 Å². The monoisotopic (exact) mass is 571 g/mol. The molecule has 0 bridgehead atoms. The summed E-state index contributed by atoms with van der Waals surface area (Å²) >= 11 is 8.32. The van der Waals surface area contributed by atoms with Crippen LogP contribution in [0.4, 0.5) is 0 Å². The number of fused-ring (bicyclic) bond motifs is 2. The molecule has 1 amide bonds. The van der Waals surface area contributed by atoms with Crippen molar-refractivity contribution in [2.45, 2.75) is 42.0 Å². The third-order valence-electron chi connectivity index (χ3n) is 7.25. The minimum atomic E-state index is -1.26. The van der Waals surface area contributed by atoms with Gasteiger partial charge in [0.1, 0.15) is 0 Å². The largest absolute Gasteiger partial charge is 0.478 e. The van der Waals surface area contributed by atoms with Gasteiger partial charge in [-0.15, -0.1) is 0 Å². The highest BCUT2D eigenvalue weighted by Crippen LogP contribution is 2.44. The Bertz CT molecular complexity index is 1230. The number of amides is 1. The second kappa shape index (κ2) is 13.5. The third kappa shape index (κ3) is 8.08. The van der Waals surface area contributed by atoms with E-state index in [1.807, 2.05) is 22.7 Å². The maximum atomic E-state index is 11.9. The third-order valence-corrected chi connectivity index (χ3v) is 8.70. The smallest absolute Gasteiger partial charge is 0.328 e. The zero-order valence-electron chi connectivity index (χ0n) is 22.0. The summed E-state index contributed by atoms with van der Waals surface area (Å²) in [5.41, 5.74) is 4.13. The standard InChI is InChI=1S/C25H30ClN3OS.C4H4O4/c1-18-4-6-23-19(15-18)16-22(21-17-20(26)5-7-24(21)31-23)28-12-9-27(10-13-28)11-14-29-8-2-3-25(29)30;5-3(6)1-2-4(7)8/h4-7,15,17,22H,2-3,8-14,16H2,1H3;1-2H,(H,5,6)(H,7,8). The Labute approximate surface area is 238 Å². The number of nitrogens with zero attached hydrogens (tertiary/aromatic N) is 3. The van der Waals surface area contributed by atoms with Crippen LogP contribution in [0.15, 0.2) is 58.3 Å². The number of hydrogen-bond donors (Lipinski definition) is 2. The number of benzene rings is 2. The topological polar surface area (TPSA) is 101 Å². The molecule has 2 aromatic rings. The molecule has 1 atom stereocenters. The number of aryl methyl sites for hydroxylation is 1. The quantitative estimate of drug-likeness (QED) is 0.494. The first-order chi connectivity index (χ1) is 18.7. The average Bonchev–Trinajstić information content (AvgIpc) is 3.25. The summed E-state index contributed by atoms with van der Waals surface area (Å²) in [6.07, 6.45) is 3.90. The van der Waals surface area contributed by atoms with Crippen molar-refractivity contribution in [3.05, 3.63) is 70.3 Å². The number of carbonyl (C=O) groups is 3. The van der Waals surface area contributed by atoms with E-state index < -0.39 is 11.9 Å². The molecular weight excluding hydrogens is 538 g/mol. The minimum absolute atomic E-state index is 0.331. The van der Waals surface area contributed by atoms with Crippen LogP contribution in [0.3, 0.4) is 0 Å². The molecule has 2 fully saturated rings. The minimum Gasteiger partial charge on any atom is -0.478 e. The number of aliphatic carboxylic acids is 2. The Hall–Kier alpha value is -2.85. The second-order valence-corrected chi connectivity index (χ2v) is 11.5. The molecule has 8 nitrogen and oxygen atoms in total. The fourth-order valence-electron chi connectivity index (χ4n) is 5.25. The number of carbonyl (C=O) groups excluding carboxylic acids is 1. The lowest BCUT2D eigenvalue weighted by atomic mass is 9.96. The molecule has 0 aliphatic carbocycles. The van der Waals surface area contributed by atoms with E-state index in [0.717, 1.165) is 70.1 Å². The molecule has 0 saturated carbocycles. The molecule has 0 aromatic heterocycles. The van der Waals surface area contributed by atoms with E-state index >= 15 is 0 Å². The van der Waals surface area contributed by atoms with E-state index in [9.17, 15) is 14.4 Å². The van der Waals surface area contributed by atoms with Crippen LogP contribution in [-0.2, 0) is 20.8 Å². The molecule has 2 saturated heterocycles. The molecule has 2 N–H and O–H groups in total. The van der Waals surface area contributed by atoms with Gasteiger partial charge in [-0.25, -0.2) is 9.59 Å². The van der Waals surface area contributed by atoms with E-state index in [2.05, 4.69) is 47.1 Å². The van der Waals surface area contributed by atoms with Crippen LogP contribution < -0.4 is 0 Å². The zero-order chi connectivity index (χ0) is 27.9. The number of carboxylic acid groups (broad SMARTS) is 2. The van der Waals surface area contributed by atoms with E-state index in [4.69, 9.17) is 21.8 Å². The lowest BCUT2D eigenvalue weighted by molar-refractivity contribution is -0.134. The fourth-order valence-corrected chi connectivity index (χ4v) is 6.52. The molecule has 0 radical (unpaired) electrons. The number of rotatable bonds is 6. The average molecular weight is 572 g/mol. The fraction of sp³-hybridized carbons (Fsp3) is 0.414. The second-order valence-electron chi connectivity index (χ2n) is 9.99. The SMILES string of the molecule is Cc1ccc2c(c1)CC(N1CCN(CCN3CCCC3=O)CC1)c1cc(Cl)ccc1S2.O=C(O)C=CC(=O)O. The summed E-state index contributed by atoms with van der Waals surface area (Å²) in [5, 5.41) is 16.4. The predicted octanol–water partition coefficient (Wildman–Crippen LogP) is 4.35. The van der Waals surface area contributed by atoms with Gasteiger partial charge in [0, 0.05) is 85.2 Å². The van der Waals surface area contributed by atoms with Gasteiger partial charge < -0.3 is 15.1 Å². The van der Waals surface area contributed by atoms with Crippen molar-refractivity contribution in [1.82, 2.24) is 14.7 Å². The molecule has 208 valence electrons. The van der Waals surface area contributed by atoms with Crippen molar-refractivity contribution in [2.24, 2.45) is 0 Å². The molecule has 1 unspecified atom stereocenters. The van der Waals surface area contributed by atoms with Crippen LogP contribution in [0.1, 0.15) is 35.6 Å². The summed E-state index contributed by atoms with van der Waals surface area (Å²) in [6.45, 7) is 9.21. The van der Waals surface area contributed by atoms with Gasteiger partial charge in [0.05, 0.1) is 0 Å². The molecular formula is C29H34ClN3O5S. The van der Waals surface area contributed by atoms with Gasteiger partial charge in [0.25, 0.3) is 0 Å². The predicted molar refractivity (Wildman–Crippen MR) is 151 cm³/mol. The Morgan fingerprint density at radius 1 is 0.974 bits per heavy atom. The number of hydrogen-bond acceptors (Lipinski definition) is 6. The number of halogens is 1. The Balaban J connectivity index is 0.000000386. The molecule has 10 heteroatoms. The molecule has 2 aromatic carbocycles. The number of piperazine rings is 1. The highest BCUT2D eigenvalue weighted by atomic mass is 35.5. The first kappa shape index (κ1) is 29.1. The normalized spacial score (nSPS) is 19.7. The lowest BCUT2D eigenvalue weighted by Gasteiger charge is -2.40. The van der Waals surface area contributed by atoms with Gasteiger partial charge in [-0.05, 0) is 55.2 Å². The van der Waals surface area contributed by atoms with Crippen LogP contribution >= 0.6 is 23.4 Å². The van der Waals surface area contributed by atoms with Crippen LogP contribution in [0.2, 0.25) is 5.02 Å². The molecule has 5 rings (SSSR count). The first-order valence-corrected chi connectivity index (χ1v) is 14.3. The van der Waals surface area contributed by atoms with Crippen molar-refractivity contribution in [3.8, 4) is 0 Å². The summed E-state index contributed by atoms with van der Waals surface area (Å²) in [5.74, 6) is -2.18. The van der Waals surface area contributed by atoms with E-state index in [-0.39, 0.29) is 0 Å². The van der Waals surface area contributed by atoms with Crippen LogP contribution in [0.25, 0.3) is 0 Å². The molecule has 0 spiro atoms. The summed E-state index contributed by atoms with van der Waals surface area (Å²) in [6, 6.07) is 13.6. The van der Waals surface area contributed by atoms with E-state index in [0.29, 0.717) is 24.1 Å². The van der Waals surface area contributed by atoms with Crippen molar-refractivity contribution in [1.29, 1.82) is 0 Å². The van der Waals surface area contributed by atoms with E-state index in [1.54, 1.807) is 0 Å². The zero-order valence-corrected chi connectivity index (χ0v) is 23.6. The highest BCUT2D eigenvalue weighted by molar-refractivity contribution is 7.99. The molecule has 3 aliphatic heterocycles. The van der Waals surface area contributed by atoms with Crippen molar-refractivity contribution < 1.29 is 24.6 Å². The Kier molecular flexibility index (Phi) is 10.1. The highest BCUT2D eigenvalue weighted by Gasteiger charge is 2.30. The number of carboxylic acids is 2. The molecule has 3 aliphatic rings. The first-order valence-electron chi connectivity index (χ1n) is 13.1. The van der Waals surface area contributed by atoms with Gasteiger partial charge in [0.2, 0.25) is 5.91 Å². The van der Waals surface area contributed by atoms with Crippen molar-refractivity contribution in [2.75, 3.05) is 45.8 Å². The molecule has 3 heterocycles. The van der Waals surface area contributed by atoms with Crippen molar-refractivity contribution >= 4 is 41.2 Å².